The molecular weight excluding hydrogens is 251 g/mol. The van der Waals surface area contributed by atoms with E-state index in [-0.39, 0.29) is 5.75 Å². The minimum Gasteiger partial charge on any atom is -0.444 e. The number of benzene rings is 1. The Morgan fingerprint density at radius 2 is 1.71 bits per heavy atom. The molecule has 78 valence electrons. The van der Waals surface area contributed by atoms with E-state index in [2.05, 4.69) is 4.74 Å². The van der Waals surface area contributed by atoms with Crippen LogP contribution in [-0.2, 0) is 10.1 Å². The molecule has 1 N–H and O–H groups in total. The fourth-order valence-corrected chi connectivity index (χ4v) is 1.06. The van der Waals surface area contributed by atoms with Crippen LogP contribution in [0.2, 0.25) is 0 Å². The average molecular weight is 257 g/mol. The Balaban J connectivity index is 2.90. The van der Waals surface area contributed by atoms with Gasteiger partial charge in [-0.25, -0.2) is 0 Å². The molecule has 0 radical (unpaired) electrons. The summed E-state index contributed by atoms with van der Waals surface area (Å²) in [6.07, 6.45) is 0. The lowest BCUT2D eigenvalue weighted by Crippen LogP contribution is -2.32. The van der Waals surface area contributed by atoms with Crippen LogP contribution in [0.3, 0.4) is 0 Å². The van der Waals surface area contributed by atoms with Gasteiger partial charge in [0.1, 0.15) is 5.75 Å². The van der Waals surface area contributed by atoms with Crippen molar-refractivity contribution in [1.29, 1.82) is 0 Å². The Hall–Kier alpha value is -0.490. The van der Waals surface area contributed by atoms with Gasteiger partial charge in [0.25, 0.3) is 0 Å². The summed E-state index contributed by atoms with van der Waals surface area (Å²) in [6.45, 7) is 0. The Labute approximate surface area is 91.1 Å². The van der Waals surface area contributed by atoms with Gasteiger partial charge >= 0.3 is 14.0 Å². The second-order valence-corrected chi connectivity index (χ2v) is 5.58. The molecule has 0 fully saturated rings. The summed E-state index contributed by atoms with van der Waals surface area (Å²) >= 11 is 10.5. The van der Waals surface area contributed by atoms with Crippen LogP contribution >= 0.6 is 23.2 Å². The third kappa shape index (κ3) is 2.75. The second kappa shape index (κ2) is 3.94. The molecule has 0 spiro atoms. The maximum atomic E-state index is 10.6. The average Bonchev–Trinajstić information content (AvgIpc) is 2.03. The smallest absolute Gasteiger partial charge is 0.388 e. The molecule has 1 rings (SSSR count). The number of hydrogen-bond donors (Lipinski definition) is 1. The van der Waals surface area contributed by atoms with Gasteiger partial charge in [0, 0.05) is 0 Å². The Bertz CT molecular complexity index is 401. The molecule has 0 atom stereocenters. The van der Waals surface area contributed by atoms with Crippen molar-refractivity contribution in [2.75, 3.05) is 0 Å². The topological polar surface area (TPSA) is 63.6 Å². The zero-order valence-corrected chi connectivity index (χ0v) is 9.05. The normalized spacial score (nSPS) is 12.5. The van der Waals surface area contributed by atoms with Crippen LogP contribution < -0.4 is 4.74 Å². The molecular formula is C7H6Cl2O4S. The van der Waals surface area contributed by atoms with Crippen molar-refractivity contribution >= 4 is 33.3 Å². The zero-order valence-electron chi connectivity index (χ0n) is 6.72. The Morgan fingerprint density at radius 3 is 2.14 bits per heavy atom. The maximum absolute atomic E-state index is 10.6. The van der Waals surface area contributed by atoms with Crippen molar-refractivity contribution < 1.29 is 17.7 Å². The Kier molecular flexibility index (Phi) is 3.26. The SMILES string of the molecule is O=S(=O)(O)C(Cl)(Cl)Oc1ccccc1. The lowest BCUT2D eigenvalue weighted by atomic mass is 10.3. The molecule has 4 nitrogen and oxygen atoms in total. The maximum Gasteiger partial charge on any atom is 0.388 e. The molecule has 0 unspecified atom stereocenters. The summed E-state index contributed by atoms with van der Waals surface area (Å²) in [7, 11) is -4.69. The standard InChI is InChI=1S/C7H6Cl2O4S/c8-7(9,14(10,11)12)13-6-4-2-1-3-5-6/h1-5H,(H,10,11,12). The van der Waals surface area contributed by atoms with Gasteiger partial charge in [-0.2, -0.15) is 8.42 Å². The summed E-state index contributed by atoms with van der Waals surface area (Å²) in [4.78, 5) is 0. The first kappa shape index (κ1) is 11.6. The predicted octanol–water partition coefficient (Wildman–Crippen LogP) is 2.04. The number of halogens is 2. The summed E-state index contributed by atoms with van der Waals surface area (Å²) in [6, 6.07) is 7.80. The molecule has 1 aromatic rings. The molecule has 7 heteroatoms. The van der Waals surface area contributed by atoms with Gasteiger partial charge in [-0.15, -0.1) is 0 Å². The molecule has 0 saturated carbocycles. The van der Waals surface area contributed by atoms with Crippen LogP contribution in [0.4, 0.5) is 0 Å². The lowest BCUT2D eigenvalue weighted by molar-refractivity contribution is 0.291. The summed E-state index contributed by atoms with van der Waals surface area (Å²) in [5.41, 5.74) is 0. The van der Waals surface area contributed by atoms with E-state index in [9.17, 15) is 8.42 Å². The minimum absolute atomic E-state index is 0.134. The minimum atomic E-state index is -4.69. The highest BCUT2D eigenvalue weighted by Gasteiger charge is 2.41. The number of para-hydroxylation sites is 1. The van der Waals surface area contributed by atoms with Crippen molar-refractivity contribution in [2.24, 2.45) is 0 Å². The molecule has 0 bridgehead atoms. The van der Waals surface area contributed by atoms with Crippen LogP contribution in [0.1, 0.15) is 0 Å². The van der Waals surface area contributed by atoms with E-state index in [1.54, 1.807) is 18.2 Å². The van der Waals surface area contributed by atoms with Crippen molar-refractivity contribution in [3.8, 4) is 5.75 Å². The van der Waals surface area contributed by atoms with Crippen molar-refractivity contribution in [1.82, 2.24) is 0 Å². The van der Waals surface area contributed by atoms with E-state index in [0.717, 1.165) is 0 Å². The van der Waals surface area contributed by atoms with Gasteiger partial charge in [0.15, 0.2) is 0 Å². The molecule has 0 saturated heterocycles. The first-order valence-electron chi connectivity index (χ1n) is 3.42. The van der Waals surface area contributed by atoms with Crippen LogP contribution in [0.15, 0.2) is 30.3 Å². The summed E-state index contributed by atoms with van der Waals surface area (Å²) in [5.74, 6) is 0.134. The van der Waals surface area contributed by atoms with Gasteiger partial charge in [-0.3, -0.25) is 4.55 Å². The van der Waals surface area contributed by atoms with Crippen molar-refractivity contribution in [2.45, 2.75) is 3.85 Å². The third-order valence-corrected chi connectivity index (χ3v) is 3.29. The highest BCUT2D eigenvalue weighted by Crippen LogP contribution is 2.30. The van der Waals surface area contributed by atoms with Crippen LogP contribution in [0.5, 0.6) is 5.75 Å². The molecule has 0 aliphatic carbocycles. The molecule has 1 aromatic carbocycles. The monoisotopic (exact) mass is 256 g/mol. The van der Waals surface area contributed by atoms with Crippen molar-refractivity contribution in [3.05, 3.63) is 30.3 Å². The van der Waals surface area contributed by atoms with Gasteiger partial charge < -0.3 is 4.74 Å². The summed E-state index contributed by atoms with van der Waals surface area (Å²) < 4.78 is 31.8. The molecule has 14 heavy (non-hydrogen) atoms. The second-order valence-electron chi connectivity index (χ2n) is 2.35. The number of rotatable bonds is 3. The van der Waals surface area contributed by atoms with Crippen molar-refractivity contribution in [3.63, 3.8) is 0 Å². The molecule has 0 aliphatic heterocycles. The predicted molar refractivity (Wildman–Crippen MR) is 53.1 cm³/mol. The fourth-order valence-electron chi connectivity index (χ4n) is 0.678. The molecule has 0 amide bonds. The quantitative estimate of drug-likeness (QED) is 0.664. The van der Waals surface area contributed by atoms with Crippen LogP contribution in [-0.4, -0.2) is 16.8 Å². The van der Waals surface area contributed by atoms with E-state index in [4.69, 9.17) is 27.8 Å². The fraction of sp³-hybridized carbons (Fsp3) is 0.143. The molecule has 0 aliphatic rings. The van der Waals surface area contributed by atoms with Gasteiger partial charge in [-0.1, -0.05) is 18.2 Å². The van der Waals surface area contributed by atoms with E-state index in [1.807, 2.05) is 0 Å². The van der Waals surface area contributed by atoms with Gasteiger partial charge in [-0.05, 0) is 35.3 Å². The van der Waals surface area contributed by atoms with Crippen LogP contribution in [0.25, 0.3) is 0 Å². The van der Waals surface area contributed by atoms with Gasteiger partial charge in [0.05, 0.1) is 0 Å². The Morgan fingerprint density at radius 1 is 1.21 bits per heavy atom. The summed E-state index contributed by atoms with van der Waals surface area (Å²) in [5, 5.41) is 0. The van der Waals surface area contributed by atoms with Gasteiger partial charge in [0.2, 0.25) is 0 Å². The third-order valence-electron chi connectivity index (χ3n) is 1.28. The van der Waals surface area contributed by atoms with E-state index >= 15 is 0 Å². The number of ether oxygens (including phenoxy) is 1. The highest BCUT2D eigenvalue weighted by atomic mass is 35.5. The number of alkyl halides is 2. The van der Waals surface area contributed by atoms with E-state index in [0.29, 0.717) is 0 Å². The van der Waals surface area contributed by atoms with E-state index in [1.165, 1.54) is 12.1 Å². The zero-order chi connectivity index (χ0) is 10.8. The number of hydrogen-bond acceptors (Lipinski definition) is 3. The lowest BCUT2D eigenvalue weighted by Gasteiger charge is -2.17. The first-order chi connectivity index (χ1) is 6.33. The first-order valence-corrected chi connectivity index (χ1v) is 5.61. The van der Waals surface area contributed by atoms with Crippen LogP contribution in [0, 0.1) is 0 Å². The van der Waals surface area contributed by atoms with E-state index < -0.39 is 14.0 Å². The highest BCUT2D eigenvalue weighted by molar-refractivity contribution is 7.90. The molecule has 0 heterocycles. The largest absolute Gasteiger partial charge is 0.444 e. The molecule has 0 aromatic heterocycles.